The number of hydrogen-bond acceptors (Lipinski definition) is 4. The molecule has 0 aromatic heterocycles. The highest BCUT2D eigenvalue weighted by molar-refractivity contribution is 5.89. The van der Waals surface area contributed by atoms with Crippen molar-refractivity contribution < 1.29 is 14.3 Å². The fourth-order valence-electron chi connectivity index (χ4n) is 1.38. The molecule has 0 aliphatic carbocycles. The molecule has 0 atom stereocenters. The minimum atomic E-state index is -0.366. The number of esters is 1. The van der Waals surface area contributed by atoms with Gasteiger partial charge < -0.3 is 15.2 Å². The summed E-state index contributed by atoms with van der Waals surface area (Å²) in [7, 11) is 1.35. The first-order valence-corrected chi connectivity index (χ1v) is 5.62. The maximum atomic E-state index is 11.4. The van der Waals surface area contributed by atoms with E-state index in [0.29, 0.717) is 24.6 Å². The van der Waals surface area contributed by atoms with Gasteiger partial charge in [-0.05, 0) is 24.1 Å². The highest BCUT2D eigenvalue weighted by atomic mass is 16.5. The number of carbonyl (C=O) groups excluding carboxylic acids is 1. The Balaban J connectivity index is 2.89. The van der Waals surface area contributed by atoms with Gasteiger partial charge in [0.2, 0.25) is 0 Å². The number of carbonyl (C=O) groups is 1. The van der Waals surface area contributed by atoms with E-state index in [2.05, 4.69) is 18.6 Å². The van der Waals surface area contributed by atoms with E-state index in [9.17, 15) is 4.79 Å². The van der Waals surface area contributed by atoms with Crippen LogP contribution in [0.4, 0.5) is 0 Å². The van der Waals surface area contributed by atoms with Crippen LogP contribution >= 0.6 is 0 Å². The third kappa shape index (κ3) is 3.75. The SMILES string of the molecule is COC(=O)c1ccc(OCC(C)C)c(CN)c1. The van der Waals surface area contributed by atoms with Crippen LogP contribution in [0.3, 0.4) is 0 Å². The molecule has 1 aromatic rings. The second kappa shape index (κ2) is 6.25. The molecule has 0 amide bonds. The molecular weight excluding hydrogens is 218 g/mol. The van der Waals surface area contributed by atoms with E-state index in [4.69, 9.17) is 10.5 Å². The molecule has 0 saturated carbocycles. The van der Waals surface area contributed by atoms with E-state index in [-0.39, 0.29) is 5.97 Å². The molecule has 0 saturated heterocycles. The summed E-state index contributed by atoms with van der Waals surface area (Å²) >= 11 is 0. The average molecular weight is 237 g/mol. The summed E-state index contributed by atoms with van der Waals surface area (Å²) in [4.78, 5) is 11.4. The van der Waals surface area contributed by atoms with Gasteiger partial charge in [0.25, 0.3) is 0 Å². The number of methoxy groups -OCH3 is 1. The quantitative estimate of drug-likeness (QED) is 0.795. The molecule has 17 heavy (non-hydrogen) atoms. The van der Waals surface area contributed by atoms with Crippen LogP contribution in [0.15, 0.2) is 18.2 Å². The Bertz CT molecular complexity index is 388. The smallest absolute Gasteiger partial charge is 0.337 e. The highest BCUT2D eigenvalue weighted by Gasteiger charge is 2.10. The summed E-state index contributed by atoms with van der Waals surface area (Å²) < 4.78 is 10.3. The van der Waals surface area contributed by atoms with Gasteiger partial charge in [-0.1, -0.05) is 13.8 Å². The minimum absolute atomic E-state index is 0.332. The van der Waals surface area contributed by atoms with Crippen LogP contribution in [-0.4, -0.2) is 19.7 Å². The Morgan fingerprint density at radius 1 is 1.41 bits per heavy atom. The van der Waals surface area contributed by atoms with Crippen LogP contribution in [0.25, 0.3) is 0 Å². The predicted octanol–water partition coefficient (Wildman–Crippen LogP) is 1.97. The van der Waals surface area contributed by atoms with Crippen molar-refractivity contribution in [2.24, 2.45) is 11.7 Å². The van der Waals surface area contributed by atoms with Crippen molar-refractivity contribution >= 4 is 5.97 Å². The first kappa shape index (κ1) is 13.5. The van der Waals surface area contributed by atoms with Crippen LogP contribution in [0, 0.1) is 5.92 Å². The summed E-state index contributed by atoms with van der Waals surface area (Å²) in [5, 5.41) is 0. The number of hydrogen-bond donors (Lipinski definition) is 1. The standard InChI is InChI=1S/C13H19NO3/c1-9(2)8-17-12-5-4-10(13(15)16-3)6-11(12)7-14/h4-6,9H,7-8,14H2,1-3H3. The lowest BCUT2D eigenvalue weighted by Gasteiger charge is -2.13. The van der Waals surface area contributed by atoms with Gasteiger partial charge in [-0.3, -0.25) is 0 Å². The summed E-state index contributed by atoms with van der Waals surface area (Å²) in [5.74, 6) is 0.810. The van der Waals surface area contributed by atoms with Crippen LogP contribution in [0.1, 0.15) is 29.8 Å². The van der Waals surface area contributed by atoms with Crippen molar-refractivity contribution in [3.05, 3.63) is 29.3 Å². The predicted molar refractivity (Wildman–Crippen MR) is 66.0 cm³/mol. The minimum Gasteiger partial charge on any atom is -0.493 e. The second-order valence-electron chi connectivity index (χ2n) is 4.22. The molecule has 4 heteroatoms. The van der Waals surface area contributed by atoms with Gasteiger partial charge in [0.15, 0.2) is 0 Å². The monoisotopic (exact) mass is 237 g/mol. The molecule has 0 spiro atoms. The van der Waals surface area contributed by atoms with E-state index in [0.717, 1.165) is 11.3 Å². The normalized spacial score (nSPS) is 10.4. The van der Waals surface area contributed by atoms with E-state index in [1.807, 2.05) is 0 Å². The zero-order valence-electron chi connectivity index (χ0n) is 10.5. The Morgan fingerprint density at radius 3 is 2.65 bits per heavy atom. The van der Waals surface area contributed by atoms with Gasteiger partial charge >= 0.3 is 5.97 Å². The van der Waals surface area contributed by atoms with Gasteiger partial charge in [-0.2, -0.15) is 0 Å². The summed E-state index contributed by atoms with van der Waals surface area (Å²) in [6.45, 7) is 5.11. The van der Waals surface area contributed by atoms with Crippen LogP contribution in [-0.2, 0) is 11.3 Å². The maximum Gasteiger partial charge on any atom is 0.337 e. The Labute approximate surface area is 102 Å². The van der Waals surface area contributed by atoms with E-state index in [1.165, 1.54) is 7.11 Å². The van der Waals surface area contributed by atoms with Crippen molar-refractivity contribution in [2.75, 3.05) is 13.7 Å². The van der Waals surface area contributed by atoms with E-state index in [1.54, 1.807) is 18.2 Å². The number of rotatable bonds is 5. The molecule has 0 heterocycles. The third-order valence-electron chi connectivity index (χ3n) is 2.27. The van der Waals surface area contributed by atoms with E-state index < -0.39 is 0 Å². The first-order chi connectivity index (χ1) is 8.08. The Kier molecular flexibility index (Phi) is 4.97. The lowest BCUT2D eigenvalue weighted by atomic mass is 10.1. The topological polar surface area (TPSA) is 61.5 Å². The molecule has 0 bridgehead atoms. The van der Waals surface area contributed by atoms with Crippen molar-refractivity contribution in [1.29, 1.82) is 0 Å². The number of benzene rings is 1. The summed E-state index contributed by atoms with van der Waals surface area (Å²) in [6.07, 6.45) is 0. The zero-order chi connectivity index (χ0) is 12.8. The first-order valence-electron chi connectivity index (χ1n) is 5.62. The highest BCUT2D eigenvalue weighted by Crippen LogP contribution is 2.21. The van der Waals surface area contributed by atoms with Crippen LogP contribution in [0.5, 0.6) is 5.75 Å². The van der Waals surface area contributed by atoms with E-state index >= 15 is 0 Å². The molecule has 94 valence electrons. The molecular formula is C13H19NO3. The lowest BCUT2D eigenvalue weighted by Crippen LogP contribution is -2.09. The molecule has 0 radical (unpaired) electrons. The molecule has 1 aromatic carbocycles. The van der Waals surface area contributed by atoms with Gasteiger partial charge in [0, 0.05) is 12.1 Å². The number of nitrogens with two attached hydrogens (primary N) is 1. The maximum absolute atomic E-state index is 11.4. The van der Waals surface area contributed by atoms with Gasteiger partial charge in [0.05, 0.1) is 19.3 Å². The zero-order valence-corrected chi connectivity index (χ0v) is 10.5. The Hall–Kier alpha value is -1.55. The van der Waals surface area contributed by atoms with Crippen molar-refractivity contribution in [3.8, 4) is 5.75 Å². The van der Waals surface area contributed by atoms with Crippen molar-refractivity contribution in [3.63, 3.8) is 0 Å². The fraction of sp³-hybridized carbons (Fsp3) is 0.462. The molecule has 0 unspecified atom stereocenters. The fourth-order valence-corrected chi connectivity index (χ4v) is 1.38. The van der Waals surface area contributed by atoms with Gasteiger partial charge in [0.1, 0.15) is 5.75 Å². The van der Waals surface area contributed by atoms with Crippen LogP contribution in [0.2, 0.25) is 0 Å². The Morgan fingerprint density at radius 2 is 2.12 bits per heavy atom. The van der Waals surface area contributed by atoms with Crippen LogP contribution < -0.4 is 10.5 Å². The van der Waals surface area contributed by atoms with Crippen molar-refractivity contribution in [2.45, 2.75) is 20.4 Å². The second-order valence-corrected chi connectivity index (χ2v) is 4.22. The van der Waals surface area contributed by atoms with Gasteiger partial charge in [-0.25, -0.2) is 4.79 Å². The summed E-state index contributed by atoms with van der Waals surface area (Å²) in [5.41, 5.74) is 6.94. The number of ether oxygens (including phenoxy) is 2. The molecule has 4 nitrogen and oxygen atoms in total. The lowest BCUT2D eigenvalue weighted by molar-refractivity contribution is 0.0600. The largest absolute Gasteiger partial charge is 0.493 e. The van der Waals surface area contributed by atoms with Gasteiger partial charge in [-0.15, -0.1) is 0 Å². The molecule has 0 aliphatic rings. The molecule has 0 aliphatic heterocycles. The average Bonchev–Trinajstić information content (AvgIpc) is 2.34. The molecule has 0 fully saturated rings. The summed E-state index contributed by atoms with van der Waals surface area (Å²) in [6, 6.07) is 5.15. The molecule has 1 rings (SSSR count). The third-order valence-corrected chi connectivity index (χ3v) is 2.27. The molecule has 2 N–H and O–H groups in total. The van der Waals surface area contributed by atoms with Crippen molar-refractivity contribution in [1.82, 2.24) is 0 Å².